The first kappa shape index (κ1) is 14.5. The average Bonchev–Trinajstić information content (AvgIpc) is 3.24. The number of carbonyl (C=O) groups is 1. The van der Waals surface area contributed by atoms with Crippen LogP contribution in [0.5, 0.6) is 0 Å². The number of hydrogen-bond donors (Lipinski definition) is 2. The van der Waals surface area contributed by atoms with Crippen molar-refractivity contribution in [3.63, 3.8) is 0 Å². The molecule has 3 aromatic heterocycles. The second kappa shape index (κ2) is 5.74. The lowest BCUT2D eigenvalue weighted by Gasteiger charge is -2.26. The molecular weight excluding hydrogens is 304 g/mol. The number of rotatable bonds is 5. The van der Waals surface area contributed by atoms with Gasteiger partial charge < -0.3 is 14.8 Å². The van der Waals surface area contributed by atoms with E-state index in [9.17, 15) is 9.90 Å². The first-order valence-electron chi connectivity index (χ1n) is 6.53. The lowest BCUT2D eigenvalue weighted by atomic mass is 9.94. The normalized spacial score (nSPS) is 13.7. The van der Waals surface area contributed by atoms with E-state index in [2.05, 4.69) is 15.6 Å². The van der Waals surface area contributed by atoms with E-state index < -0.39 is 11.5 Å². The van der Waals surface area contributed by atoms with Gasteiger partial charge in [-0.25, -0.2) is 0 Å². The lowest BCUT2D eigenvalue weighted by Crippen LogP contribution is -2.41. The van der Waals surface area contributed by atoms with Crippen LogP contribution in [0.15, 0.2) is 46.7 Å². The van der Waals surface area contributed by atoms with Crippen molar-refractivity contribution in [3.8, 4) is 0 Å². The maximum absolute atomic E-state index is 12.1. The van der Waals surface area contributed by atoms with E-state index in [0.29, 0.717) is 10.4 Å². The van der Waals surface area contributed by atoms with Gasteiger partial charge in [0.2, 0.25) is 0 Å². The average molecular weight is 318 g/mol. The molecule has 0 saturated carbocycles. The molecule has 3 aromatic rings. The molecule has 0 fully saturated rings. The Morgan fingerprint density at radius 2 is 2.41 bits per heavy atom. The summed E-state index contributed by atoms with van der Waals surface area (Å²) >= 11 is 1.40. The second-order valence-corrected chi connectivity index (χ2v) is 5.76. The van der Waals surface area contributed by atoms with Gasteiger partial charge in [0.15, 0.2) is 5.69 Å². The van der Waals surface area contributed by atoms with Crippen LogP contribution in [0.4, 0.5) is 0 Å². The highest BCUT2D eigenvalue weighted by molar-refractivity contribution is 7.10. The van der Waals surface area contributed by atoms with Crippen LogP contribution in [0.1, 0.15) is 20.9 Å². The lowest BCUT2D eigenvalue weighted by molar-refractivity contribution is 0.0711. The predicted molar refractivity (Wildman–Crippen MR) is 79.4 cm³/mol. The highest BCUT2D eigenvalue weighted by Gasteiger charge is 2.34. The van der Waals surface area contributed by atoms with Gasteiger partial charge in [0.1, 0.15) is 5.60 Å². The van der Waals surface area contributed by atoms with Crippen LogP contribution in [0.25, 0.3) is 0 Å². The highest BCUT2D eigenvalue weighted by Crippen LogP contribution is 2.32. The van der Waals surface area contributed by atoms with E-state index in [1.54, 1.807) is 13.1 Å². The Hall–Kier alpha value is -2.45. The SMILES string of the molecule is Cn1cc(C(=O)NC[C@@](O)(c2ccoc2)c2cccs2)nn1. The molecule has 0 spiro atoms. The van der Waals surface area contributed by atoms with Crippen LogP contribution in [0.2, 0.25) is 0 Å². The Bertz CT molecular complexity index is 715. The Balaban J connectivity index is 1.81. The third kappa shape index (κ3) is 2.66. The zero-order chi connectivity index (χ0) is 15.6. The van der Waals surface area contributed by atoms with Crippen LogP contribution >= 0.6 is 11.3 Å². The van der Waals surface area contributed by atoms with Crippen molar-refractivity contribution < 1.29 is 14.3 Å². The minimum Gasteiger partial charge on any atom is -0.472 e. The van der Waals surface area contributed by atoms with Crippen LogP contribution in [-0.2, 0) is 12.6 Å². The molecule has 0 aliphatic carbocycles. The minimum atomic E-state index is -1.35. The molecule has 0 bridgehead atoms. The summed E-state index contributed by atoms with van der Waals surface area (Å²) in [6, 6.07) is 5.33. The molecule has 0 aliphatic rings. The zero-order valence-corrected chi connectivity index (χ0v) is 12.6. The van der Waals surface area contributed by atoms with E-state index in [-0.39, 0.29) is 12.2 Å². The number of aromatic nitrogens is 3. The van der Waals surface area contributed by atoms with E-state index in [1.165, 1.54) is 34.7 Å². The monoisotopic (exact) mass is 318 g/mol. The molecule has 8 heteroatoms. The van der Waals surface area contributed by atoms with Gasteiger partial charge in [-0.05, 0) is 17.5 Å². The number of thiophene rings is 1. The Morgan fingerprint density at radius 1 is 1.55 bits per heavy atom. The third-order valence-electron chi connectivity index (χ3n) is 3.27. The topological polar surface area (TPSA) is 93.2 Å². The van der Waals surface area contributed by atoms with Gasteiger partial charge in [0.25, 0.3) is 5.91 Å². The molecule has 7 nitrogen and oxygen atoms in total. The largest absolute Gasteiger partial charge is 0.472 e. The maximum atomic E-state index is 12.1. The predicted octanol–water partition coefficient (Wildman–Crippen LogP) is 1.14. The van der Waals surface area contributed by atoms with Crippen molar-refractivity contribution in [3.05, 3.63) is 58.4 Å². The molecule has 0 aliphatic heterocycles. The fourth-order valence-electron chi connectivity index (χ4n) is 2.10. The van der Waals surface area contributed by atoms with Crippen molar-refractivity contribution in [2.45, 2.75) is 5.60 Å². The van der Waals surface area contributed by atoms with Crippen LogP contribution in [0.3, 0.4) is 0 Å². The summed E-state index contributed by atoms with van der Waals surface area (Å²) in [4.78, 5) is 12.8. The van der Waals surface area contributed by atoms with Gasteiger partial charge in [-0.3, -0.25) is 9.48 Å². The molecule has 114 valence electrons. The molecule has 3 heterocycles. The summed E-state index contributed by atoms with van der Waals surface area (Å²) in [6.07, 6.45) is 4.46. The van der Waals surface area contributed by atoms with Crippen LogP contribution < -0.4 is 5.32 Å². The van der Waals surface area contributed by atoms with Crippen LogP contribution in [0, 0.1) is 0 Å². The van der Waals surface area contributed by atoms with Gasteiger partial charge in [-0.15, -0.1) is 16.4 Å². The van der Waals surface area contributed by atoms with E-state index in [1.807, 2.05) is 17.5 Å². The van der Waals surface area contributed by atoms with Gasteiger partial charge in [0, 0.05) is 17.5 Å². The van der Waals surface area contributed by atoms with Crippen molar-refractivity contribution >= 4 is 17.2 Å². The fourth-order valence-corrected chi connectivity index (χ4v) is 2.94. The second-order valence-electron chi connectivity index (χ2n) is 4.81. The summed E-state index contributed by atoms with van der Waals surface area (Å²) in [7, 11) is 1.68. The van der Waals surface area contributed by atoms with Gasteiger partial charge >= 0.3 is 0 Å². The number of nitrogens with one attached hydrogen (secondary N) is 1. The Kier molecular flexibility index (Phi) is 3.78. The van der Waals surface area contributed by atoms with E-state index in [4.69, 9.17) is 4.42 Å². The molecule has 22 heavy (non-hydrogen) atoms. The smallest absolute Gasteiger partial charge is 0.273 e. The highest BCUT2D eigenvalue weighted by atomic mass is 32.1. The van der Waals surface area contributed by atoms with Crippen molar-refractivity contribution in [1.82, 2.24) is 20.3 Å². The fraction of sp³-hybridized carbons (Fsp3) is 0.214. The Labute approximate surface area is 130 Å². The molecule has 0 radical (unpaired) electrons. The van der Waals surface area contributed by atoms with Crippen LogP contribution in [-0.4, -0.2) is 32.6 Å². The molecule has 0 saturated heterocycles. The number of nitrogens with zero attached hydrogens (tertiary/aromatic N) is 3. The number of furan rings is 1. The molecule has 0 aromatic carbocycles. The number of hydrogen-bond acceptors (Lipinski definition) is 6. The number of aliphatic hydroxyl groups is 1. The first-order valence-corrected chi connectivity index (χ1v) is 7.41. The summed E-state index contributed by atoms with van der Waals surface area (Å²) in [5.74, 6) is -0.397. The summed E-state index contributed by atoms with van der Waals surface area (Å²) in [5.41, 5.74) is -0.573. The first-order chi connectivity index (χ1) is 10.6. The molecule has 3 rings (SSSR count). The van der Waals surface area contributed by atoms with Gasteiger partial charge in [-0.1, -0.05) is 11.3 Å². The summed E-state index contributed by atoms with van der Waals surface area (Å²) < 4.78 is 6.50. The molecule has 1 amide bonds. The molecule has 2 N–H and O–H groups in total. The number of carbonyl (C=O) groups excluding carboxylic acids is 1. The standard InChI is InChI=1S/C14H14N4O3S/c1-18-7-11(16-17-18)13(19)15-9-14(20,10-4-5-21-8-10)12-3-2-6-22-12/h2-8,20H,9H2,1H3,(H,15,19)/t14-/m1/s1. The van der Waals surface area contributed by atoms with Crippen molar-refractivity contribution in [2.24, 2.45) is 7.05 Å². The molecule has 1 atom stereocenters. The zero-order valence-electron chi connectivity index (χ0n) is 11.8. The third-order valence-corrected chi connectivity index (χ3v) is 4.29. The summed E-state index contributed by atoms with van der Waals surface area (Å²) in [6.45, 7) is 0.00243. The molecular formula is C14H14N4O3S. The van der Waals surface area contributed by atoms with E-state index >= 15 is 0 Å². The van der Waals surface area contributed by atoms with Crippen molar-refractivity contribution in [1.29, 1.82) is 0 Å². The Morgan fingerprint density at radius 3 is 3.00 bits per heavy atom. The number of amides is 1. The van der Waals surface area contributed by atoms with Gasteiger partial charge in [-0.2, -0.15) is 0 Å². The maximum Gasteiger partial charge on any atom is 0.273 e. The number of aryl methyl sites for hydroxylation is 1. The summed E-state index contributed by atoms with van der Waals surface area (Å²) in [5, 5.41) is 23.0. The molecule has 0 unspecified atom stereocenters. The van der Waals surface area contributed by atoms with Gasteiger partial charge in [0.05, 0.1) is 25.3 Å². The minimum absolute atomic E-state index is 0.00243. The van der Waals surface area contributed by atoms with Crippen molar-refractivity contribution in [2.75, 3.05) is 6.54 Å². The quantitative estimate of drug-likeness (QED) is 0.736. The van der Waals surface area contributed by atoms with E-state index in [0.717, 1.165) is 0 Å².